The van der Waals surface area contributed by atoms with Crippen molar-refractivity contribution in [3.8, 4) is 0 Å². The van der Waals surface area contributed by atoms with Crippen LogP contribution in [0.2, 0.25) is 0 Å². The lowest BCUT2D eigenvalue weighted by molar-refractivity contribution is -0.117. The molecule has 1 aromatic rings. The Morgan fingerprint density at radius 2 is 1.63 bits per heavy atom. The minimum atomic E-state index is -0.484. The summed E-state index contributed by atoms with van der Waals surface area (Å²) in [5, 5.41) is -0.532. The van der Waals surface area contributed by atoms with E-state index in [4.69, 9.17) is 28.9 Å². The number of hydrogen-bond acceptors (Lipinski definition) is 3. The molecular weight excluding hydrogens is 289 g/mol. The molecule has 6 heteroatoms. The lowest BCUT2D eigenvalue weighted by Gasteiger charge is -2.15. The fraction of sp³-hybridized carbons (Fsp3) is 0.154. The van der Waals surface area contributed by atoms with E-state index in [0.717, 1.165) is 5.56 Å². The molecule has 0 saturated heterocycles. The fourth-order valence-corrected chi connectivity index (χ4v) is 2.21. The average molecular weight is 298 g/mol. The SMILES string of the molecule is NC(=O)CCc1ccc2c(c1)C(=O)C(Cl)=C(Cl)C2=O. The number of benzene rings is 1. The average Bonchev–Trinajstić information content (AvgIpc) is 2.40. The van der Waals surface area contributed by atoms with E-state index in [1.807, 2.05) is 0 Å². The largest absolute Gasteiger partial charge is 0.370 e. The summed E-state index contributed by atoms with van der Waals surface area (Å²) in [5.41, 5.74) is 6.23. The van der Waals surface area contributed by atoms with Gasteiger partial charge in [0, 0.05) is 17.5 Å². The fourth-order valence-electron chi connectivity index (χ4n) is 1.84. The van der Waals surface area contributed by atoms with Gasteiger partial charge in [-0.15, -0.1) is 0 Å². The van der Waals surface area contributed by atoms with Gasteiger partial charge in [-0.25, -0.2) is 0 Å². The second-order valence-corrected chi connectivity index (χ2v) is 4.89. The van der Waals surface area contributed by atoms with E-state index in [9.17, 15) is 14.4 Å². The summed E-state index contributed by atoms with van der Waals surface area (Å²) in [6.45, 7) is 0. The zero-order valence-corrected chi connectivity index (χ0v) is 11.2. The zero-order chi connectivity index (χ0) is 14.2. The first-order chi connectivity index (χ1) is 8.91. The maximum absolute atomic E-state index is 11.9. The number of allylic oxidation sites excluding steroid dienone is 2. The molecule has 0 saturated carbocycles. The lowest BCUT2D eigenvalue weighted by Crippen LogP contribution is -2.18. The number of fused-ring (bicyclic) bond motifs is 1. The van der Waals surface area contributed by atoms with E-state index >= 15 is 0 Å². The highest BCUT2D eigenvalue weighted by atomic mass is 35.5. The maximum Gasteiger partial charge on any atom is 0.217 e. The summed E-state index contributed by atoms with van der Waals surface area (Å²) in [5.74, 6) is -1.38. The van der Waals surface area contributed by atoms with Crippen LogP contribution in [0.3, 0.4) is 0 Å². The molecule has 1 aromatic carbocycles. The molecule has 19 heavy (non-hydrogen) atoms. The summed E-state index contributed by atoms with van der Waals surface area (Å²) in [6, 6.07) is 4.72. The predicted octanol–water partition coefficient (Wildman–Crippen LogP) is 2.17. The number of rotatable bonds is 3. The van der Waals surface area contributed by atoms with Crippen molar-refractivity contribution in [2.45, 2.75) is 12.8 Å². The van der Waals surface area contributed by atoms with Crippen molar-refractivity contribution in [2.75, 3.05) is 0 Å². The summed E-state index contributed by atoms with van der Waals surface area (Å²) < 4.78 is 0. The summed E-state index contributed by atoms with van der Waals surface area (Å²) in [6.07, 6.45) is 0.574. The van der Waals surface area contributed by atoms with Crippen LogP contribution in [-0.2, 0) is 11.2 Å². The molecule has 0 heterocycles. The first kappa shape index (κ1) is 13.8. The first-order valence-corrected chi connectivity index (χ1v) is 6.23. The van der Waals surface area contributed by atoms with Crippen LogP contribution in [0.5, 0.6) is 0 Å². The minimum Gasteiger partial charge on any atom is -0.370 e. The van der Waals surface area contributed by atoms with Crippen molar-refractivity contribution in [3.63, 3.8) is 0 Å². The quantitative estimate of drug-likeness (QED) is 0.929. The molecule has 0 bridgehead atoms. The standard InChI is InChI=1S/C13H9Cl2NO3/c14-10-11(15)13(19)8-5-6(2-4-9(16)17)1-3-7(8)12(10)18/h1,3,5H,2,4H2,(H2,16,17). The van der Waals surface area contributed by atoms with Crippen LogP contribution in [0.15, 0.2) is 28.3 Å². The summed E-state index contributed by atoms with van der Waals surface area (Å²) in [7, 11) is 0. The molecule has 1 amide bonds. The van der Waals surface area contributed by atoms with Crippen LogP contribution < -0.4 is 5.73 Å². The van der Waals surface area contributed by atoms with Crippen LogP contribution in [-0.4, -0.2) is 17.5 Å². The Bertz CT molecular complexity index is 635. The number of amides is 1. The molecule has 4 nitrogen and oxygen atoms in total. The molecule has 0 aromatic heterocycles. The summed E-state index contributed by atoms with van der Waals surface area (Å²) >= 11 is 11.4. The van der Waals surface area contributed by atoms with Crippen LogP contribution in [0.25, 0.3) is 0 Å². The van der Waals surface area contributed by atoms with E-state index in [2.05, 4.69) is 0 Å². The Morgan fingerprint density at radius 1 is 1.05 bits per heavy atom. The highest BCUT2D eigenvalue weighted by Gasteiger charge is 2.30. The third kappa shape index (κ3) is 2.55. The van der Waals surface area contributed by atoms with Gasteiger partial charge in [0.15, 0.2) is 0 Å². The molecule has 2 N–H and O–H groups in total. The molecule has 0 fully saturated rings. The Morgan fingerprint density at radius 3 is 2.21 bits per heavy atom. The molecule has 0 radical (unpaired) electrons. The third-order valence-corrected chi connectivity index (χ3v) is 3.64. The van der Waals surface area contributed by atoms with Gasteiger partial charge in [0.2, 0.25) is 17.5 Å². The molecule has 0 aliphatic heterocycles. The summed E-state index contributed by atoms with van der Waals surface area (Å²) in [4.78, 5) is 34.5. The van der Waals surface area contributed by atoms with Crippen LogP contribution in [0.1, 0.15) is 32.7 Å². The second kappa shape index (κ2) is 5.15. The van der Waals surface area contributed by atoms with Gasteiger partial charge < -0.3 is 5.73 Å². The lowest BCUT2D eigenvalue weighted by atomic mass is 9.91. The first-order valence-electron chi connectivity index (χ1n) is 5.47. The van der Waals surface area contributed by atoms with Crippen LogP contribution in [0, 0.1) is 0 Å². The topological polar surface area (TPSA) is 77.2 Å². The van der Waals surface area contributed by atoms with Crippen molar-refractivity contribution in [3.05, 3.63) is 45.0 Å². The van der Waals surface area contributed by atoms with Gasteiger partial charge >= 0.3 is 0 Å². The van der Waals surface area contributed by atoms with E-state index in [0.29, 0.717) is 6.42 Å². The van der Waals surface area contributed by atoms with E-state index in [1.165, 1.54) is 6.07 Å². The Balaban J connectivity index is 2.41. The van der Waals surface area contributed by atoms with Crippen LogP contribution in [0.4, 0.5) is 0 Å². The normalized spacial score (nSPS) is 14.6. The van der Waals surface area contributed by atoms with Crippen molar-refractivity contribution in [1.29, 1.82) is 0 Å². The number of halogens is 2. The molecule has 1 aliphatic rings. The van der Waals surface area contributed by atoms with Gasteiger partial charge in [-0.3, -0.25) is 14.4 Å². The number of ketones is 2. The Kier molecular flexibility index (Phi) is 3.73. The monoisotopic (exact) mass is 297 g/mol. The molecule has 1 aliphatic carbocycles. The van der Waals surface area contributed by atoms with Gasteiger partial charge in [-0.05, 0) is 24.1 Å². The van der Waals surface area contributed by atoms with Crippen molar-refractivity contribution in [1.82, 2.24) is 0 Å². The predicted molar refractivity (Wildman–Crippen MR) is 71.4 cm³/mol. The number of hydrogen-bond donors (Lipinski definition) is 1. The Labute approximate surface area is 119 Å². The number of nitrogens with two attached hydrogens (primary N) is 1. The van der Waals surface area contributed by atoms with E-state index < -0.39 is 17.5 Å². The van der Waals surface area contributed by atoms with Crippen molar-refractivity contribution >= 4 is 40.7 Å². The zero-order valence-electron chi connectivity index (χ0n) is 9.70. The minimum absolute atomic E-state index is 0.172. The number of carbonyl (C=O) groups is 3. The van der Waals surface area contributed by atoms with Crippen molar-refractivity contribution in [2.24, 2.45) is 5.73 Å². The molecule has 98 valence electrons. The third-order valence-electron chi connectivity index (χ3n) is 2.82. The highest BCUT2D eigenvalue weighted by molar-refractivity contribution is 6.59. The molecular formula is C13H9Cl2NO3. The van der Waals surface area contributed by atoms with Gasteiger partial charge in [0.1, 0.15) is 10.1 Å². The molecule has 0 unspecified atom stereocenters. The number of primary amides is 1. The molecule has 2 rings (SSSR count). The number of carbonyl (C=O) groups excluding carboxylic acids is 3. The van der Waals surface area contributed by atoms with Gasteiger partial charge in [0.05, 0.1) is 0 Å². The molecule has 0 spiro atoms. The van der Waals surface area contributed by atoms with Crippen molar-refractivity contribution < 1.29 is 14.4 Å². The number of Topliss-reactive ketones (excluding diaryl/α,β-unsaturated/α-hetero) is 2. The second-order valence-electron chi connectivity index (χ2n) is 4.13. The number of aryl methyl sites for hydroxylation is 1. The van der Waals surface area contributed by atoms with Gasteiger partial charge in [0.25, 0.3) is 0 Å². The van der Waals surface area contributed by atoms with E-state index in [1.54, 1.807) is 12.1 Å². The van der Waals surface area contributed by atoms with Gasteiger partial charge in [-0.1, -0.05) is 29.3 Å². The van der Waals surface area contributed by atoms with Crippen LogP contribution >= 0.6 is 23.2 Å². The van der Waals surface area contributed by atoms with Gasteiger partial charge in [-0.2, -0.15) is 0 Å². The maximum atomic E-state index is 11.9. The van der Waals surface area contributed by atoms with E-state index in [-0.39, 0.29) is 27.6 Å². The Hall–Kier alpha value is -1.65. The molecule has 0 atom stereocenters. The smallest absolute Gasteiger partial charge is 0.217 e. The highest BCUT2D eigenvalue weighted by Crippen LogP contribution is 2.31.